The lowest BCUT2D eigenvalue weighted by Crippen LogP contribution is -2.49. The van der Waals surface area contributed by atoms with E-state index in [9.17, 15) is 9.59 Å². The third-order valence-electron chi connectivity index (χ3n) is 4.55. The summed E-state index contributed by atoms with van der Waals surface area (Å²) >= 11 is 5.82. The minimum absolute atomic E-state index is 0.0352. The highest BCUT2D eigenvalue weighted by Gasteiger charge is 2.32. The fourth-order valence-electron chi connectivity index (χ4n) is 2.99. The molecule has 7 nitrogen and oxygen atoms in total. The van der Waals surface area contributed by atoms with Crippen LogP contribution in [0.1, 0.15) is 18.4 Å². The maximum atomic E-state index is 12.0. The quantitative estimate of drug-likeness (QED) is 0.545. The SMILES string of the molecule is COCC1(CNC(=O)CNC(=O)NCc2ccc(Cl)cc2)CCNCC1. The summed E-state index contributed by atoms with van der Waals surface area (Å²) in [4.78, 5) is 23.8. The number of ether oxygens (including phenoxy) is 1. The van der Waals surface area contributed by atoms with Gasteiger partial charge >= 0.3 is 6.03 Å². The Balaban J connectivity index is 1.67. The van der Waals surface area contributed by atoms with Crippen molar-refractivity contribution in [3.8, 4) is 0 Å². The topological polar surface area (TPSA) is 91.5 Å². The number of hydrogen-bond acceptors (Lipinski definition) is 4. The van der Waals surface area contributed by atoms with Crippen LogP contribution in [0.15, 0.2) is 24.3 Å². The lowest BCUT2D eigenvalue weighted by molar-refractivity contribution is -0.121. The molecule has 1 heterocycles. The van der Waals surface area contributed by atoms with Crippen molar-refractivity contribution >= 4 is 23.5 Å². The first kappa shape index (κ1) is 20.5. The first-order valence-electron chi connectivity index (χ1n) is 8.75. The predicted molar refractivity (Wildman–Crippen MR) is 101 cm³/mol. The van der Waals surface area contributed by atoms with E-state index < -0.39 is 0 Å². The molecule has 1 aromatic carbocycles. The second-order valence-corrected chi connectivity index (χ2v) is 7.06. The molecule has 144 valence electrons. The molecule has 0 spiro atoms. The molecule has 26 heavy (non-hydrogen) atoms. The number of hydrogen-bond donors (Lipinski definition) is 4. The molecule has 1 aliphatic rings. The summed E-state index contributed by atoms with van der Waals surface area (Å²) in [5.74, 6) is -0.208. The van der Waals surface area contributed by atoms with Gasteiger partial charge in [0.1, 0.15) is 0 Å². The molecule has 0 unspecified atom stereocenters. The highest BCUT2D eigenvalue weighted by molar-refractivity contribution is 6.30. The average Bonchev–Trinajstić information content (AvgIpc) is 2.65. The Morgan fingerprint density at radius 2 is 1.85 bits per heavy atom. The van der Waals surface area contributed by atoms with E-state index in [2.05, 4.69) is 21.3 Å². The Bertz CT molecular complexity index is 583. The number of rotatable bonds is 8. The van der Waals surface area contributed by atoms with E-state index in [0.29, 0.717) is 24.7 Å². The number of methoxy groups -OCH3 is 1. The Labute approximate surface area is 159 Å². The van der Waals surface area contributed by atoms with Crippen LogP contribution in [0.2, 0.25) is 5.02 Å². The van der Waals surface area contributed by atoms with Gasteiger partial charge in [-0.15, -0.1) is 0 Å². The summed E-state index contributed by atoms with van der Waals surface area (Å²) in [7, 11) is 1.68. The Morgan fingerprint density at radius 3 is 2.50 bits per heavy atom. The molecule has 0 atom stereocenters. The Morgan fingerprint density at radius 1 is 1.15 bits per heavy atom. The van der Waals surface area contributed by atoms with Crippen molar-refractivity contribution in [3.63, 3.8) is 0 Å². The molecule has 8 heteroatoms. The van der Waals surface area contributed by atoms with E-state index in [1.165, 1.54) is 0 Å². The number of benzene rings is 1. The second kappa shape index (κ2) is 10.4. The van der Waals surface area contributed by atoms with Crippen molar-refractivity contribution in [3.05, 3.63) is 34.9 Å². The molecule has 0 radical (unpaired) electrons. The molecule has 4 N–H and O–H groups in total. The van der Waals surface area contributed by atoms with Gasteiger partial charge < -0.3 is 26.0 Å². The van der Waals surface area contributed by atoms with Crippen molar-refractivity contribution < 1.29 is 14.3 Å². The van der Waals surface area contributed by atoms with Crippen LogP contribution in [0.25, 0.3) is 0 Å². The number of amides is 3. The van der Waals surface area contributed by atoms with E-state index >= 15 is 0 Å². The third-order valence-corrected chi connectivity index (χ3v) is 4.80. The molecule has 1 aromatic rings. The maximum absolute atomic E-state index is 12.0. The first-order valence-corrected chi connectivity index (χ1v) is 9.13. The zero-order chi connectivity index (χ0) is 18.8. The molecular weight excluding hydrogens is 356 g/mol. The van der Waals surface area contributed by atoms with E-state index in [0.717, 1.165) is 31.5 Å². The van der Waals surface area contributed by atoms with E-state index in [1.54, 1.807) is 19.2 Å². The third kappa shape index (κ3) is 6.82. The highest BCUT2D eigenvalue weighted by atomic mass is 35.5. The van der Waals surface area contributed by atoms with Gasteiger partial charge in [0.15, 0.2) is 0 Å². The van der Waals surface area contributed by atoms with Gasteiger partial charge in [0.05, 0.1) is 13.2 Å². The van der Waals surface area contributed by atoms with Crippen molar-refractivity contribution in [2.75, 3.05) is 39.9 Å². The second-order valence-electron chi connectivity index (χ2n) is 6.62. The minimum atomic E-state index is -0.386. The summed E-state index contributed by atoms with van der Waals surface area (Å²) in [6, 6.07) is 6.82. The molecular formula is C18H27ClN4O3. The van der Waals surface area contributed by atoms with Crippen molar-refractivity contribution in [2.24, 2.45) is 5.41 Å². The Hall–Kier alpha value is -1.83. The van der Waals surface area contributed by atoms with E-state index in [-0.39, 0.29) is 23.9 Å². The highest BCUT2D eigenvalue weighted by Crippen LogP contribution is 2.28. The van der Waals surface area contributed by atoms with Crippen LogP contribution in [0.3, 0.4) is 0 Å². The largest absolute Gasteiger partial charge is 0.384 e. The summed E-state index contributed by atoms with van der Waals surface area (Å²) in [6.45, 7) is 3.32. The van der Waals surface area contributed by atoms with Gasteiger partial charge in [0.2, 0.25) is 5.91 Å². The molecule has 0 bridgehead atoms. The molecule has 0 saturated carbocycles. The molecule has 2 rings (SSSR count). The smallest absolute Gasteiger partial charge is 0.315 e. The summed E-state index contributed by atoms with van der Waals surface area (Å²) in [6.07, 6.45) is 1.91. The summed E-state index contributed by atoms with van der Waals surface area (Å²) < 4.78 is 5.33. The number of piperidine rings is 1. The maximum Gasteiger partial charge on any atom is 0.315 e. The fraction of sp³-hybridized carbons (Fsp3) is 0.556. The minimum Gasteiger partial charge on any atom is -0.384 e. The summed E-state index contributed by atoms with van der Waals surface area (Å²) in [5, 5.41) is 12.1. The molecule has 3 amide bonds. The van der Waals surface area contributed by atoms with Crippen LogP contribution < -0.4 is 21.3 Å². The number of carbonyl (C=O) groups is 2. The number of urea groups is 1. The zero-order valence-corrected chi connectivity index (χ0v) is 15.8. The van der Waals surface area contributed by atoms with Gasteiger partial charge in [-0.25, -0.2) is 4.79 Å². The van der Waals surface area contributed by atoms with Crippen LogP contribution >= 0.6 is 11.6 Å². The van der Waals surface area contributed by atoms with Gasteiger partial charge in [-0.2, -0.15) is 0 Å². The molecule has 1 aliphatic heterocycles. The molecule has 1 saturated heterocycles. The Kier molecular flexibility index (Phi) is 8.15. The lowest BCUT2D eigenvalue weighted by Gasteiger charge is -2.37. The standard InChI is InChI=1S/C18H27ClN4O3/c1-26-13-18(6-8-20-9-7-18)12-23-16(24)11-22-17(25)21-10-14-2-4-15(19)5-3-14/h2-5,20H,6-13H2,1H3,(H,23,24)(H2,21,22,25). The number of carbonyl (C=O) groups excluding carboxylic acids is 2. The van der Waals surface area contributed by atoms with Gasteiger partial charge in [0.25, 0.3) is 0 Å². The average molecular weight is 383 g/mol. The van der Waals surface area contributed by atoms with Crippen molar-refractivity contribution in [2.45, 2.75) is 19.4 Å². The molecule has 0 aliphatic carbocycles. The first-order chi connectivity index (χ1) is 12.5. The monoisotopic (exact) mass is 382 g/mol. The van der Waals surface area contributed by atoms with Crippen LogP contribution in [0.4, 0.5) is 4.79 Å². The zero-order valence-electron chi connectivity index (χ0n) is 15.1. The fourth-order valence-corrected chi connectivity index (χ4v) is 3.12. The van der Waals surface area contributed by atoms with Gasteiger partial charge in [-0.3, -0.25) is 4.79 Å². The van der Waals surface area contributed by atoms with Gasteiger partial charge in [0, 0.05) is 30.6 Å². The van der Waals surface area contributed by atoms with Gasteiger partial charge in [-0.1, -0.05) is 23.7 Å². The van der Waals surface area contributed by atoms with Crippen molar-refractivity contribution in [1.29, 1.82) is 0 Å². The normalized spacial score (nSPS) is 15.9. The van der Waals surface area contributed by atoms with Crippen molar-refractivity contribution in [1.82, 2.24) is 21.3 Å². The van der Waals surface area contributed by atoms with Crippen LogP contribution in [0.5, 0.6) is 0 Å². The number of nitrogens with one attached hydrogen (secondary N) is 4. The number of halogens is 1. The van der Waals surface area contributed by atoms with Crippen LogP contribution in [-0.4, -0.2) is 51.8 Å². The van der Waals surface area contributed by atoms with E-state index in [4.69, 9.17) is 16.3 Å². The summed E-state index contributed by atoms with van der Waals surface area (Å²) in [5.41, 5.74) is 0.897. The van der Waals surface area contributed by atoms with Crippen LogP contribution in [-0.2, 0) is 16.1 Å². The van der Waals surface area contributed by atoms with E-state index in [1.807, 2.05) is 12.1 Å². The van der Waals surface area contributed by atoms with Crippen LogP contribution in [0, 0.1) is 5.41 Å². The molecule has 1 fully saturated rings. The van der Waals surface area contributed by atoms with Gasteiger partial charge in [-0.05, 0) is 43.6 Å². The molecule has 0 aromatic heterocycles. The lowest BCUT2D eigenvalue weighted by atomic mass is 9.79. The predicted octanol–water partition coefficient (Wildman–Crippen LogP) is 1.27.